The Kier molecular flexibility index (Phi) is 10.8. The fraction of sp³-hybridized carbons (Fsp3) is 0.867. The van der Waals surface area contributed by atoms with Crippen LogP contribution in [0.15, 0.2) is 23.3 Å². The van der Waals surface area contributed by atoms with Gasteiger partial charge in [-0.25, -0.2) is 0 Å². The molecule has 7 atom stereocenters. The van der Waals surface area contributed by atoms with Crippen molar-refractivity contribution in [2.45, 2.75) is 128 Å². The lowest BCUT2D eigenvalue weighted by Gasteiger charge is -2.44. The van der Waals surface area contributed by atoms with Crippen molar-refractivity contribution < 1.29 is 20.4 Å². The molecule has 5 heteroatoms. The van der Waals surface area contributed by atoms with Gasteiger partial charge in [-0.15, -0.1) is 0 Å². The molecule has 4 nitrogen and oxygen atoms in total. The van der Waals surface area contributed by atoms with E-state index in [-0.39, 0.29) is 12.5 Å². The molecule has 35 heavy (non-hydrogen) atoms. The zero-order valence-corrected chi connectivity index (χ0v) is 23.5. The quantitative estimate of drug-likeness (QED) is 0.257. The average molecular weight is 509 g/mol. The third kappa shape index (κ3) is 6.96. The zero-order chi connectivity index (χ0) is 25.6. The van der Waals surface area contributed by atoms with Gasteiger partial charge in [-0.05, 0) is 100 Å². The lowest BCUT2D eigenvalue weighted by molar-refractivity contribution is -0.0163. The Hall–Kier alpha value is -0.330. The molecule has 0 heterocycles. The third-order valence-electron chi connectivity index (χ3n) is 10.0. The summed E-state index contributed by atoms with van der Waals surface area (Å²) in [5.41, 5.74) is 2.59. The molecule has 3 fully saturated rings. The predicted octanol–water partition coefficient (Wildman–Crippen LogP) is 6.02. The topological polar surface area (TPSA) is 80.9 Å². The van der Waals surface area contributed by atoms with Crippen molar-refractivity contribution in [1.82, 2.24) is 0 Å². The molecule has 0 aromatic heterocycles. The molecule has 0 bridgehead atoms. The van der Waals surface area contributed by atoms with E-state index in [4.69, 9.17) is 0 Å². The van der Waals surface area contributed by atoms with Crippen molar-refractivity contribution in [2.75, 3.05) is 12.4 Å². The summed E-state index contributed by atoms with van der Waals surface area (Å²) in [4.78, 5) is 0. The highest BCUT2D eigenvalue weighted by atomic mass is 32.2. The maximum atomic E-state index is 10.6. The smallest absolute Gasteiger partial charge is 0.0642 e. The Bertz CT molecular complexity index is 716. The molecule has 3 rings (SSSR count). The number of fused-ring (bicyclic) bond motifs is 1. The fourth-order valence-corrected chi connectivity index (χ4v) is 8.88. The minimum Gasteiger partial charge on any atom is -0.396 e. The molecular weight excluding hydrogens is 456 g/mol. The second kappa shape index (κ2) is 13.0. The third-order valence-corrected chi connectivity index (χ3v) is 11.4. The van der Waals surface area contributed by atoms with E-state index in [1.165, 1.54) is 32.1 Å². The zero-order valence-electron chi connectivity index (χ0n) is 22.7. The number of hydrogen-bond donors (Lipinski definition) is 4. The first kappa shape index (κ1) is 29.2. The van der Waals surface area contributed by atoms with E-state index in [9.17, 15) is 20.4 Å². The summed E-state index contributed by atoms with van der Waals surface area (Å²) in [5.74, 6) is 2.31. The molecule has 2 unspecified atom stereocenters. The van der Waals surface area contributed by atoms with Gasteiger partial charge in [0.15, 0.2) is 0 Å². The summed E-state index contributed by atoms with van der Waals surface area (Å²) in [7, 11) is 0. The Morgan fingerprint density at radius 2 is 1.80 bits per heavy atom. The van der Waals surface area contributed by atoms with Gasteiger partial charge in [0.05, 0.1) is 17.8 Å². The van der Waals surface area contributed by atoms with Crippen molar-refractivity contribution in [2.24, 2.45) is 23.2 Å². The van der Waals surface area contributed by atoms with Crippen molar-refractivity contribution in [3.63, 3.8) is 0 Å². The SMILES string of the molecule is CCC(O)(CC)CCCS[C@@H](C)[C@H]1CC[C@H]2/C(=C/C=C3CC(O)C(CCO)[C@H](O)C3)CCC[C@]12C. The van der Waals surface area contributed by atoms with Crippen LogP contribution in [0.3, 0.4) is 0 Å². The summed E-state index contributed by atoms with van der Waals surface area (Å²) < 4.78 is 0. The first-order chi connectivity index (χ1) is 16.7. The number of rotatable bonds is 11. The summed E-state index contributed by atoms with van der Waals surface area (Å²) >= 11 is 2.12. The van der Waals surface area contributed by atoms with Gasteiger partial charge in [-0.3, -0.25) is 0 Å². The average Bonchev–Trinajstić information content (AvgIpc) is 3.20. The van der Waals surface area contributed by atoms with E-state index in [0.717, 1.165) is 42.9 Å². The van der Waals surface area contributed by atoms with E-state index >= 15 is 0 Å². The van der Waals surface area contributed by atoms with Crippen molar-refractivity contribution in [1.29, 1.82) is 0 Å². The lowest BCUT2D eigenvalue weighted by atomic mass is 9.63. The molecule has 202 valence electrons. The van der Waals surface area contributed by atoms with Crippen LogP contribution in [-0.4, -0.2) is 55.8 Å². The predicted molar refractivity (Wildman–Crippen MR) is 147 cm³/mol. The second-order valence-electron chi connectivity index (χ2n) is 12.0. The molecule has 0 aliphatic heterocycles. The first-order valence-electron chi connectivity index (χ1n) is 14.4. The molecule has 0 amide bonds. The molecule has 0 aromatic carbocycles. The molecule has 4 N–H and O–H groups in total. The van der Waals surface area contributed by atoms with Gasteiger partial charge in [0.2, 0.25) is 0 Å². The van der Waals surface area contributed by atoms with Crippen LogP contribution in [0, 0.1) is 23.2 Å². The van der Waals surface area contributed by atoms with E-state index in [0.29, 0.717) is 35.8 Å². The molecular formula is C30H52O4S. The van der Waals surface area contributed by atoms with Crippen LogP contribution in [0.5, 0.6) is 0 Å². The molecule has 0 saturated heterocycles. The number of aliphatic hydroxyl groups excluding tert-OH is 3. The monoisotopic (exact) mass is 508 g/mol. The van der Waals surface area contributed by atoms with Crippen LogP contribution in [0.25, 0.3) is 0 Å². The van der Waals surface area contributed by atoms with E-state index in [2.05, 4.69) is 51.6 Å². The van der Waals surface area contributed by atoms with Gasteiger partial charge in [-0.1, -0.05) is 51.0 Å². The highest BCUT2D eigenvalue weighted by Crippen LogP contribution is 2.59. The normalized spacial score (nSPS) is 37.1. The maximum absolute atomic E-state index is 10.6. The summed E-state index contributed by atoms with van der Waals surface area (Å²) in [6.45, 7) is 9.17. The van der Waals surface area contributed by atoms with Crippen LogP contribution >= 0.6 is 11.8 Å². The fourth-order valence-electron chi connectivity index (χ4n) is 7.52. The molecule has 0 spiro atoms. The second-order valence-corrected chi connectivity index (χ2v) is 13.5. The molecule has 3 aliphatic carbocycles. The number of thioether (sulfide) groups is 1. The maximum Gasteiger partial charge on any atom is 0.0642 e. The Labute approximate surface area is 218 Å². The molecule has 0 aromatic rings. The summed E-state index contributed by atoms with van der Waals surface area (Å²) in [6.07, 6.45) is 15.1. The van der Waals surface area contributed by atoms with E-state index < -0.39 is 17.8 Å². The van der Waals surface area contributed by atoms with Crippen LogP contribution in [0.2, 0.25) is 0 Å². The van der Waals surface area contributed by atoms with E-state index in [1.807, 2.05) is 0 Å². The summed E-state index contributed by atoms with van der Waals surface area (Å²) in [5, 5.41) is 41.4. The van der Waals surface area contributed by atoms with Gasteiger partial charge < -0.3 is 20.4 Å². The van der Waals surface area contributed by atoms with Crippen LogP contribution < -0.4 is 0 Å². The van der Waals surface area contributed by atoms with Crippen LogP contribution in [-0.2, 0) is 0 Å². The minimum absolute atomic E-state index is 0.0136. The highest BCUT2D eigenvalue weighted by Gasteiger charge is 2.50. The van der Waals surface area contributed by atoms with Gasteiger partial charge in [0.25, 0.3) is 0 Å². The minimum atomic E-state index is -0.563. The Balaban J connectivity index is 1.59. The van der Waals surface area contributed by atoms with Gasteiger partial charge in [0.1, 0.15) is 0 Å². The number of allylic oxidation sites excluding steroid dienone is 3. The molecule has 3 aliphatic rings. The molecule has 3 saturated carbocycles. The van der Waals surface area contributed by atoms with E-state index in [1.54, 1.807) is 5.57 Å². The highest BCUT2D eigenvalue weighted by molar-refractivity contribution is 7.99. The Morgan fingerprint density at radius 3 is 2.43 bits per heavy atom. The van der Waals surface area contributed by atoms with Gasteiger partial charge in [-0.2, -0.15) is 11.8 Å². The van der Waals surface area contributed by atoms with Crippen molar-refractivity contribution in [3.05, 3.63) is 23.3 Å². The number of aliphatic hydroxyl groups is 4. The van der Waals surface area contributed by atoms with Gasteiger partial charge in [0, 0.05) is 17.8 Å². The van der Waals surface area contributed by atoms with Crippen molar-refractivity contribution >= 4 is 11.8 Å². The number of hydrogen-bond acceptors (Lipinski definition) is 5. The Morgan fingerprint density at radius 1 is 1.11 bits per heavy atom. The standard InChI is InChI=1S/C30H52O4S/c1-5-30(34,6-2)16-8-18-35-21(3)25-12-13-26-23(9-7-15-29(25,26)4)11-10-22-19-27(32)24(14-17-31)28(33)20-22/h10-11,21,24-28,31-34H,5-9,12-20H2,1-4H3/b22-10?,23-11+/t21-,24?,25+,26-,27+,28?,29+/m0/s1. The summed E-state index contributed by atoms with van der Waals surface area (Å²) in [6, 6.07) is 0. The molecule has 0 radical (unpaired) electrons. The van der Waals surface area contributed by atoms with Crippen LogP contribution in [0.1, 0.15) is 105 Å². The largest absolute Gasteiger partial charge is 0.396 e. The lowest BCUT2D eigenvalue weighted by Crippen LogP contribution is -2.37. The van der Waals surface area contributed by atoms with Gasteiger partial charge >= 0.3 is 0 Å². The first-order valence-corrected chi connectivity index (χ1v) is 15.4. The van der Waals surface area contributed by atoms with Crippen molar-refractivity contribution in [3.8, 4) is 0 Å². The van der Waals surface area contributed by atoms with Crippen LogP contribution in [0.4, 0.5) is 0 Å².